The number of aromatic amines is 1. The lowest BCUT2D eigenvalue weighted by Crippen LogP contribution is -2.47. The Morgan fingerprint density at radius 1 is 1.16 bits per heavy atom. The number of rotatable bonds is 8. The van der Waals surface area contributed by atoms with Crippen LogP contribution in [0.2, 0.25) is 0 Å². The normalized spacial score (nSPS) is 11.5. The second-order valence-electron chi connectivity index (χ2n) is 6.70. The van der Waals surface area contributed by atoms with Crippen LogP contribution in [0.15, 0.2) is 54.7 Å². The van der Waals surface area contributed by atoms with Crippen molar-refractivity contribution in [2.45, 2.75) is 12.5 Å². The molecule has 0 bridgehead atoms. The van der Waals surface area contributed by atoms with Crippen molar-refractivity contribution in [1.82, 2.24) is 15.6 Å². The number of amides is 2. The van der Waals surface area contributed by atoms with Crippen LogP contribution < -0.4 is 10.6 Å². The number of nitro benzene ring substituents is 1. The number of esters is 1. The maximum Gasteiger partial charge on any atom is 0.328 e. The third-order valence-electron chi connectivity index (χ3n) is 4.65. The summed E-state index contributed by atoms with van der Waals surface area (Å²) in [5.74, 6) is -1.87. The van der Waals surface area contributed by atoms with Gasteiger partial charge in [0.05, 0.1) is 18.6 Å². The molecule has 2 amide bonds. The van der Waals surface area contributed by atoms with Gasteiger partial charge in [-0.2, -0.15) is 0 Å². The summed E-state index contributed by atoms with van der Waals surface area (Å²) in [6.07, 6.45) is 1.96. The lowest BCUT2D eigenvalue weighted by molar-refractivity contribution is -0.384. The molecule has 1 atom stereocenters. The van der Waals surface area contributed by atoms with Crippen molar-refractivity contribution >= 4 is 34.4 Å². The molecule has 160 valence electrons. The first kappa shape index (κ1) is 21.5. The molecule has 0 saturated carbocycles. The number of nitrogens with zero attached hydrogens (tertiary/aromatic N) is 1. The number of non-ortho nitro benzene ring substituents is 1. The van der Waals surface area contributed by atoms with Gasteiger partial charge in [0, 0.05) is 41.2 Å². The van der Waals surface area contributed by atoms with Gasteiger partial charge in [0.15, 0.2) is 0 Å². The Morgan fingerprint density at radius 3 is 2.68 bits per heavy atom. The van der Waals surface area contributed by atoms with Crippen molar-refractivity contribution in [3.8, 4) is 0 Å². The van der Waals surface area contributed by atoms with Gasteiger partial charge < -0.3 is 20.4 Å². The zero-order valence-corrected chi connectivity index (χ0v) is 16.6. The fraction of sp³-hybridized carbons (Fsp3) is 0.190. The minimum Gasteiger partial charge on any atom is -0.467 e. The molecule has 0 aliphatic carbocycles. The Morgan fingerprint density at radius 2 is 1.94 bits per heavy atom. The Balaban J connectivity index is 1.63. The zero-order chi connectivity index (χ0) is 22.4. The number of hydrogen-bond donors (Lipinski definition) is 3. The van der Waals surface area contributed by atoms with E-state index in [9.17, 15) is 24.5 Å². The number of ether oxygens (including phenoxy) is 1. The number of carbonyl (C=O) groups is 3. The van der Waals surface area contributed by atoms with E-state index in [1.807, 2.05) is 24.3 Å². The van der Waals surface area contributed by atoms with E-state index in [1.54, 1.807) is 6.20 Å². The number of benzene rings is 2. The highest BCUT2D eigenvalue weighted by molar-refractivity contribution is 5.97. The third kappa shape index (κ3) is 5.24. The molecule has 0 aliphatic heterocycles. The molecular formula is C21H20N4O6. The molecular weight excluding hydrogens is 404 g/mol. The highest BCUT2D eigenvalue weighted by Gasteiger charge is 2.23. The first-order chi connectivity index (χ1) is 14.9. The molecule has 0 saturated heterocycles. The summed E-state index contributed by atoms with van der Waals surface area (Å²) in [5.41, 5.74) is 1.54. The van der Waals surface area contributed by atoms with Gasteiger partial charge in [0.1, 0.15) is 6.04 Å². The highest BCUT2D eigenvalue weighted by Crippen LogP contribution is 2.19. The molecule has 31 heavy (non-hydrogen) atoms. The second kappa shape index (κ2) is 9.53. The molecule has 0 unspecified atom stereocenters. The summed E-state index contributed by atoms with van der Waals surface area (Å²) in [5, 5.41) is 16.7. The molecule has 0 aliphatic rings. The van der Waals surface area contributed by atoms with Crippen molar-refractivity contribution in [1.29, 1.82) is 0 Å². The fourth-order valence-corrected chi connectivity index (χ4v) is 3.12. The minimum absolute atomic E-state index is 0.0466. The Kier molecular flexibility index (Phi) is 6.61. The fourth-order valence-electron chi connectivity index (χ4n) is 3.12. The highest BCUT2D eigenvalue weighted by atomic mass is 16.6. The Labute approximate surface area is 176 Å². The molecule has 0 fully saturated rings. The van der Waals surface area contributed by atoms with Crippen LogP contribution in [0.3, 0.4) is 0 Å². The van der Waals surface area contributed by atoms with E-state index in [0.717, 1.165) is 22.5 Å². The molecule has 1 aromatic heterocycles. The van der Waals surface area contributed by atoms with E-state index < -0.39 is 35.3 Å². The SMILES string of the molecule is COC(=O)[C@@H](Cc1c[nH]c2ccccc12)NC(=O)CNC(=O)c1cccc([N+](=O)[O-])c1. The summed E-state index contributed by atoms with van der Waals surface area (Å²) in [6, 6.07) is 11.7. The number of para-hydroxylation sites is 1. The predicted octanol–water partition coefficient (Wildman–Crippen LogP) is 1.71. The van der Waals surface area contributed by atoms with Gasteiger partial charge in [-0.1, -0.05) is 24.3 Å². The molecule has 10 heteroatoms. The second-order valence-corrected chi connectivity index (χ2v) is 6.70. The molecule has 3 N–H and O–H groups in total. The smallest absolute Gasteiger partial charge is 0.328 e. The average molecular weight is 424 g/mol. The standard InChI is InChI=1S/C21H20N4O6/c1-31-21(28)18(10-14-11-22-17-8-3-2-7-16(14)17)24-19(26)12-23-20(27)13-5-4-6-15(9-13)25(29)30/h2-9,11,18,22H,10,12H2,1H3,(H,23,27)(H,24,26)/t18-/m1/s1. The van der Waals surface area contributed by atoms with E-state index in [4.69, 9.17) is 4.74 Å². The van der Waals surface area contributed by atoms with Gasteiger partial charge in [0.2, 0.25) is 5.91 Å². The number of carbonyl (C=O) groups excluding carboxylic acids is 3. The summed E-state index contributed by atoms with van der Waals surface area (Å²) in [4.78, 5) is 50.0. The van der Waals surface area contributed by atoms with E-state index >= 15 is 0 Å². The molecule has 10 nitrogen and oxygen atoms in total. The third-order valence-corrected chi connectivity index (χ3v) is 4.65. The maximum absolute atomic E-state index is 12.3. The lowest BCUT2D eigenvalue weighted by atomic mass is 10.0. The molecule has 3 rings (SSSR count). The largest absolute Gasteiger partial charge is 0.467 e. The Bertz CT molecular complexity index is 1140. The molecule has 0 spiro atoms. The number of nitro groups is 1. The molecule has 0 radical (unpaired) electrons. The van der Waals surface area contributed by atoms with Crippen molar-refractivity contribution in [3.05, 3.63) is 76.0 Å². The quantitative estimate of drug-likeness (QED) is 0.285. The Hall–Kier alpha value is -4.21. The first-order valence-electron chi connectivity index (χ1n) is 9.34. The van der Waals surface area contributed by atoms with Crippen LogP contribution in [-0.4, -0.2) is 47.4 Å². The molecule has 3 aromatic rings. The van der Waals surface area contributed by atoms with E-state index in [-0.39, 0.29) is 17.7 Å². The van der Waals surface area contributed by atoms with Crippen LogP contribution in [0, 0.1) is 10.1 Å². The zero-order valence-electron chi connectivity index (χ0n) is 16.6. The van der Waals surface area contributed by atoms with Gasteiger partial charge in [0.25, 0.3) is 11.6 Å². The van der Waals surface area contributed by atoms with Gasteiger partial charge >= 0.3 is 5.97 Å². The number of nitrogens with one attached hydrogen (secondary N) is 3. The molecule has 2 aromatic carbocycles. The van der Waals surface area contributed by atoms with Crippen molar-refractivity contribution in [2.75, 3.05) is 13.7 Å². The average Bonchev–Trinajstić information content (AvgIpc) is 3.19. The minimum atomic E-state index is -0.952. The van der Waals surface area contributed by atoms with Crippen LogP contribution in [0.25, 0.3) is 10.9 Å². The lowest BCUT2D eigenvalue weighted by Gasteiger charge is -2.16. The first-order valence-corrected chi connectivity index (χ1v) is 9.34. The van der Waals surface area contributed by atoms with E-state index in [0.29, 0.717) is 0 Å². The van der Waals surface area contributed by atoms with Gasteiger partial charge in [-0.05, 0) is 17.7 Å². The summed E-state index contributed by atoms with van der Waals surface area (Å²) < 4.78 is 4.79. The van der Waals surface area contributed by atoms with Gasteiger partial charge in [-0.3, -0.25) is 19.7 Å². The summed E-state index contributed by atoms with van der Waals surface area (Å²) in [7, 11) is 1.22. The van der Waals surface area contributed by atoms with Gasteiger partial charge in [-0.15, -0.1) is 0 Å². The summed E-state index contributed by atoms with van der Waals surface area (Å²) in [6.45, 7) is -0.414. The van der Waals surface area contributed by atoms with Crippen molar-refractivity contribution in [2.24, 2.45) is 0 Å². The summed E-state index contributed by atoms with van der Waals surface area (Å²) >= 11 is 0. The van der Waals surface area contributed by atoms with E-state index in [1.165, 1.54) is 25.3 Å². The van der Waals surface area contributed by atoms with Gasteiger partial charge in [-0.25, -0.2) is 4.79 Å². The molecule has 1 heterocycles. The number of methoxy groups -OCH3 is 1. The monoisotopic (exact) mass is 424 g/mol. The number of aromatic nitrogens is 1. The van der Waals surface area contributed by atoms with Crippen LogP contribution in [0.4, 0.5) is 5.69 Å². The van der Waals surface area contributed by atoms with Crippen LogP contribution >= 0.6 is 0 Å². The maximum atomic E-state index is 12.3. The number of fused-ring (bicyclic) bond motifs is 1. The number of hydrogen-bond acceptors (Lipinski definition) is 6. The van der Waals surface area contributed by atoms with Crippen LogP contribution in [-0.2, 0) is 20.7 Å². The number of H-pyrrole nitrogens is 1. The topological polar surface area (TPSA) is 143 Å². The van der Waals surface area contributed by atoms with E-state index in [2.05, 4.69) is 15.6 Å². The van der Waals surface area contributed by atoms with Crippen molar-refractivity contribution in [3.63, 3.8) is 0 Å². The van der Waals surface area contributed by atoms with Crippen molar-refractivity contribution < 1.29 is 24.0 Å². The van der Waals surface area contributed by atoms with Crippen LogP contribution in [0.5, 0.6) is 0 Å². The van der Waals surface area contributed by atoms with Crippen LogP contribution in [0.1, 0.15) is 15.9 Å². The predicted molar refractivity (Wildman–Crippen MR) is 111 cm³/mol.